The number of hydrogen-bond donors (Lipinski definition) is 5. The van der Waals surface area contributed by atoms with Crippen LogP contribution in [-0.4, -0.2) is 54.9 Å². The first-order valence-corrected chi connectivity index (χ1v) is 6.76. The van der Waals surface area contributed by atoms with Crippen molar-refractivity contribution in [2.24, 2.45) is 5.41 Å². The van der Waals surface area contributed by atoms with Crippen molar-refractivity contribution >= 4 is 5.97 Å². The standard InChI is InChI=1S/C15H24O6/c1-9(7-11(17)18)5-6-15(21)13(2,3)12(19)10(16)8-14(15,4)20/h5-7,10,12,16,19-21H,8H2,1-4H3,(H,17,18)/t10-,12+,14-,15-/m1/s1. The summed E-state index contributed by atoms with van der Waals surface area (Å²) in [5.74, 6) is -1.12. The van der Waals surface area contributed by atoms with Gasteiger partial charge in [0.15, 0.2) is 0 Å². The van der Waals surface area contributed by atoms with E-state index in [1.165, 1.54) is 32.9 Å². The summed E-state index contributed by atoms with van der Waals surface area (Å²) in [6.07, 6.45) is 1.07. The highest BCUT2D eigenvalue weighted by atomic mass is 16.4. The van der Waals surface area contributed by atoms with Crippen LogP contribution < -0.4 is 0 Å². The number of rotatable bonds is 3. The molecular formula is C15H24O6. The first-order chi connectivity index (χ1) is 9.35. The van der Waals surface area contributed by atoms with E-state index < -0.39 is 34.8 Å². The van der Waals surface area contributed by atoms with E-state index in [2.05, 4.69) is 0 Å². The number of carboxylic acid groups (broad SMARTS) is 1. The molecule has 5 N–H and O–H groups in total. The SMILES string of the molecule is CC(C=C[C@@]1(O)C(C)(C)[C@@H](O)[C@H](O)C[C@@]1(C)O)=CC(=O)O. The molecule has 0 heterocycles. The molecule has 21 heavy (non-hydrogen) atoms. The van der Waals surface area contributed by atoms with Gasteiger partial charge in [0.1, 0.15) is 5.60 Å². The van der Waals surface area contributed by atoms with E-state index in [0.717, 1.165) is 6.08 Å². The third kappa shape index (κ3) is 3.03. The van der Waals surface area contributed by atoms with Crippen LogP contribution in [0.15, 0.2) is 23.8 Å². The molecule has 4 atom stereocenters. The Labute approximate surface area is 124 Å². The zero-order valence-electron chi connectivity index (χ0n) is 12.7. The summed E-state index contributed by atoms with van der Waals surface area (Å²) in [6, 6.07) is 0. The van der Waals surface area contributed by atoms with Crippen molar-refractivity contribution in [3.05, 3.63) is 23.8 Å². The van der Waals surface area contributed by atoms with E-state index in [-0.39, 0.29) is 6.42 Å². The highest BCUT2D eigenvalue weighted by molar-refractivity contribution is 5.81. The number of aliphatic hydroxyl groups excluding tert-OH is 2. The minimum absolute atomic E-state index is 0.194. The van der Waals surface area contributed by atoms with Gasteiger partial charge in [-0.15, -0.1) is 0 Å². The fourth-order valence-electron chi connectivity index (χ4n) is 2.96. The van der Waals surface area contributed by atoms with Gasteiger partial charge in [-0.2, -0.15) is 0 Å². The molecule has 0 aliphatic heterocycles. The molecule has 1 fully saturated rings. The average Bonchev–Trinajstić information content (AvgIpc) is 2.31. The lowest BCUT2D eigenvalue weighted by Gasteiger charge is -2.57. The van der Waals surface area contributed by atoms with Gasteiger partial charge in [-0.25, -0.2) is 4.79 Å². The smallest absolute Gasteiger partial charge is 0.328 e. The predicted molar refractivity (Wildman–Crippen MR) is 76.5 cm³/mol. The quantitative estimate of drug-likeness (QED) is 0.375. The molecule has 1 aliphatic rings. The Morgan fingerprint density at radius 2 is 1.71 bits per heavy atom. The van der Waals surface area contributed by atoms with Crippen LogP contribution in [0.4, 0.5) is 0 Å². The number of carbonyl (C=O) groups is 1. The molecular weight excluding hydrogens is 276 g/mol. The van der Waals surface area contributed by atoms with Crippen LogP contribution in [0.2, 0.25) is 0 Å². The fourth-order valence-corrected chi connectivity index (χ4v) is 2.96. The molecule has 0 amide bonds. The van der Waals surface area contributed by atoms with Gasteiger partial charge < -0.3 is 25.5 Å². The minimum atomic E-state index is -1.83. The zero-order valence-corrected chi connectivity index (χ0v) is 12.7. The lowest BCUT2D eigenvalue weighted by atomic mass is 9.56. The highest BCUT2D eigenvalue weighted by Gasteiger charge is 2.62. The van der Waals surface area contributed by atoms with E-state index in [1.807, 2.05) is 0 Å². The van der Waals surface area contributed by atoms with Gasteiger partial charge in [-0.05, 0) is 25.5 Å². The second-order valence-electron chi connectivity index (χ2n) is 6.54. The molecule has 1 saturated carbocycles. The molecule has 0 aromatic carbocycles. The summed E-state index contributed by atoms with van der Waals surface area (Å²) in [7, 11) is 0. The molecule has 1 aliphatic carbocycles. The topological polar surface area (TPSA) is 118 Å². The first-order valence-electron chi connectivity index (χ1n) is 6.76. The maximum atomic E-state index is 10.9. The Morgan fingerprint density at radius 1 is 1.19 bits per heavy atom. The van der Waals surface area contributed by atoms with Gasteiger partial charge >= 0.3 is 5.97 Å². The van der Waals surface area contributed by atoms with Gasteiger partial charge in [0.25, 0.3) is 0 Å². The van der Waals surface area contributed by atoms with Gasteiger partial charge in [0, 0.05) is 17.9 Å². The maximum absolute atomic E-state index is 10.9. The third-order valence-electron chi connectivity index (χ3n) is 4.45. The number of hydrogen-bond acceptors (Lipinski definition) is 5. The van der Waals surface area contributed by atoms with Crippen LogP contribution in [-0.2, 0) is 4.79 Å². The van der Waals surface area contributed by atoms with Crippen molar-refractivity contribution < 1.29 is 30.3 Å². The Balaban J connectivity index is 3.26. The Hall–Kier alpha value is -1.21. The number of aliphatic carboxylic acids is 1. The summed E-state index contributed by atoms with van der Waals surface area (Å²) in [4.78, 5) is 10.6. The van der Waals surface area contributed by atoms with Crippen molar-refractivity contribution in [3.63, 3.8) is 0 Å². The molecule has 0 aromatic rings. The molecule has 120 valence electrons. The van der Waals surface area contributed by atoms with Crippen LogP contribution in [0.5, 0.6) is 0 Å². The van der Waals surface area contributed by atoms with Crippen molar-refractivity contribution in [1.29, 1.82) is 0 Å². The van der Waals surface area contributed by atoms with Crippen molar-refractivity contribution in [2.75, 3.05) is 0 Å². The lowest BCUT2D eigenvalue weighted by Crippen LogP contribution is -2.70. The van der Waals surface area contributed by atoms with Crippen LogP contribution in [0.1, 0.15) is 34.1 Å². The van der Waals surface area contributed by atoms with E-state index >= 15 is 0 Å². The predicted octanol–water partition coefficient (Wildman–Crippen LogP) is 0.207. The van der Waals surface area contributed by atoms with E-state index in [4.69, 9.17) is 5.11 Å². The molecule has 0 aromatic heterocycles. The maximum Gasteiger partial charge on any atom is 0.328 e. The molecule has 1 rings (SSSR count). The van der Waals surface area contributed by atoms with Crippen molar-refractivity contribution in [1.82, 2.24) is 0 Å². The zero-order chi connectivity index (χ0) is 16.6. The minimum Gasteiger partial charge on any atom is -0.478 e. The van der Waals surface area contributed by atoms with Crippen molar-refractivity contribution in [3.8, 4) is 0 Å². The van der Waals surface area contributed by atoms with Gasteiger partial charge in [-0.3, -0.25) is 0 Å². The van der Waals surface area contributed by atoms with Gasteiger partial charge in [0.2, 0.25) is 0 Å². The molecule has 6 nitrogen and oxygen atoms in total. The molecule has 6 heteroatoms. The first kappa shape index (κ1) is 17.8. The summed E-state index contributed by atoms with van der Waals surface area (Å²) in [6.45, 7) is 6.00. The van der Waals surface area contributed by atoms with Crippen LogP contribution >= 0.6 is 0 Å². The summed E-state index contributed by atoms with van der Waals surface area (Å²) < 4.78 is 0. The second-order valence-corrected chi connectivity index (χ2v) is 6.54. The monoisotopic (exact) mass is 300 g/mol. The van der Waals surface area contributed by atoms with E-state index in [0.29, 0.717) is 5.57 Å². The Bertz CT molecular complexity index is 477. The van der Waals surface area contributed by atoms with Gasteiger partial charge in [-0.1, -0.05) is 19.9 Å². The third-order valence-corrected chi connectivity index (χ3v) is 4.45. The average molecular weight is 300 g/mol. The van der Waals surface area contributed by atoms with Crippen LogP contribution in [0.3, 0.4) is 0 Å². The molecule has 0 saturated heterocycles. The lowest BCUT2D eigenvalue weighted by molar-refractivity contribution is -0.257. The van der Waals surface area contributed by atoms with Crippen LogP contribution in [0, 0.1) is 5.41 Å². The molecule has 0 spiro atoms. The summed E-state index contributed by atoms with van der Waals surface area (Å²) in [5.41, 5.74) is -4.35. The van der Waals surface area contributed by atoms with E-state index in [9.17, 15) is 25.2 Å². The molecule has 0 unspecified atom stereocenters. The normalized spacial score (nSPS) is 40.5. The van der Waals surface area contributed by atoms with Crippen LogP contribution in [0.25, 0.3) is 0 Å². The Morgan fingerprint density at radius 3 is 2.19 bits per heavy atom. The number of aliphatic hydroxyl groups is 4. The second kappa shape index (κ2) is 5.53. The summed E-state index contributed by atoms with van der Waals surface area (Å²) >= 11 is 0. The largest absolute Gasteiger partial charge is 0.478 e. The van der Waals surface area contributed by atoms with E-state index in [1.54, 1.807) is 6.92 Å². The number of allylic oxidation sites excluding steroid dienone is 2. The molecule has 0 bridgehead atoms. The highest BCUT2D eigenvalue weighted by Crippen LogP contribution is 2.50. The van der Waals surface area contributed by atoms with Gasteiger partial charge in [0.05, 0.1) is 17.8 Å². The number of carboxylic acids is 1. The fraction of sp³-hybridized carbons (Fsp3) is 0.667. The van der Waals surface area contributed by atoms with Crippen molar-refractivity contribution in [2.45, 2.75) is 57.5 Å². The Kier molecular flexibility index (Phi) is 4.70. The molecule has 0 radical (unpaired) electrons. The summed E-state index contributed by atoms with van der Waals surface area (Å²) in [5, 5.41) is 50.1.